The molecule has 28 nitrogen and oxygen atoms in total. The van der Waals surface area contributed by atoms with Gasteiger partial charge in [-0.1, -0.05) is 63.4 Å². The number of rotatable bonds is 38. The molecule has 7 amide bonds. The summed E-state index contributed by atoms with van der Waals surface area (Å²) < 4.78 is 0. The maximum Gasteiger partial charge on any atom is 0.258 e. The topological polar surface area (TPSA) is 351 Å². The summed E-state index contributed by atoms with van der Waals surface area (Å²) >= 11 is 3.28. The first kappa shape index (κ1) is 79.6. The summed E-state index contributed by atoms with van der Waals surface area (Å²) in [6.45, 7) is 20.0. The van der Waals surface area contributed by atoms with Gasteiger partial charge in [0.1, 0.15) is 0 Å². The van der Waals surface area contributed by atoms with E-state index in [-0.39, 0.29) is 58.1 Å². The maximum atomic E-state index is 13.2. The summed E-state index contributed by atoms with van der Waals surface area (Å²) in [6.07, 6.45) is 4.13. The number of azo groups is 2. The fourth-order valence-corrected chi connectivity index (χ4v) is 12.0. The zero-order chi connectivity index (χ0) is 73.7. The molecule has 8 rings (SSSR count). The van der Waals surface area contributed by atoms with E-state index in [4.69, 9.17) is 15.0 Å². The van der Waals surface area contributed by atoms with Gasteiger partial charge in [0.05, 0.1) is 24.2 Å². The monoisotopic (exact) mass is 1430 g/mol. The van der Waals surface area contributed by atoms with Gasteiger partial charge in [-0.15, -0.1) is 0 Å². The van der Waals surface area contributed by atoms with Crippen molar-refractivity contribution in [2.75, 3.05) is 137 Å². The van der Waals surface area contributed by atoms with Crippen molar-refractivity contribution in [3.8, 4) is 0 Å². The number of ketones is 2. The minimum absolute atomic E-state index is 0.102. The number of hydrogen-bond acceptors (Lipinski definition) is 23. The molecule has 8 N–H and O–H groups in total. The number of thioether (sulfide) groups is 2. The third-order valence-electron chi connectivity index (χ3n) is 16.0. The van der Waals surface area contributed by atoms with E-state index < -0.39 is 41.4 Å². The number of aromatic nitrogens is 3. The summed E-state index contributed by atoms with van der Waals surface area (Å²) in [5.41, 5.74) is 6.20. The molecule has 3 heterocycles. The molecular formula is C72H93N19O9S2. The van der Waals surface area contributed by atoms with Crippen molar-refractivity contribution in [3.05, 3.63) is 131 Å². The zero-order valence-corrected chi connectivity index (χ0v) is 61.2. The van der Waals surface area contributed by atoms with Crippen LogP contribution in [0.4, 0.5) is 51.4 Å². The number of fused-ring (bicyclic) bond motifs is 2. The Labute approximate surface area is 604 Å². The number of Topliss-reactive ketones (excluding diaryl/α,β-unsaturated/α-hetero) is 2. The molecule has 1 aromatic heterocycles. The van der Waals surface area contributed by atoms with Gasteiger partial charge in [0.2, 0.25) is 29.8 Å². The van der Waals surface area contributed by atoms with Crippen molar-refractivity contribution in [3.63, 3.8) is 0 Å². The lowest BCUT2D eigenvalue weighted by molar-refractivity contribution is -0.127. The van der Waals surface area contributed by atoms with Gasteiger partial charge in [-0.2, -0.15) is 35.4 Å². The average Bonchev–Trinajstić information content (AvgIpc) is 1.52. The first-order valence-electron chi connectivity index (χ1n) is 34.1. The number of nitrogens with zero attached hydrogens (tertiary/aromatic N) is 11. The lowest BCUT2D eigenvalue weighted by Crippen LogP contribution is -2.31. The molecule has 0 saturated heterocycles. The Morgan fingerprint density at radius 2 is 0.902 bits per heavy atom. The zero-order valence-electron chi connectivity index (χ0n) is 59.6. The number of nitrogens with one attached hydrogen (secondary N) is 8. The lowest BCUT2D eigenvalue weighted by atomic mass is 10.1. The standard InChI is InChI=1S/C37H45N9O6.C35H48N10O3S2/c1-23(47)33(37(52)40-29-13-10-25-21-32(48)42-31(25)22-29)44-43-28-11-8-24(9-12-28)36(51)41-30-19-26(34(49)38-14-6-16-45(2)3)18-27(20-30)35(50)39-15-7-17-46(4)5;1-6-44(7-2)18-10-20-49-34-39-33(40-35(41-34)50-21-11-19-45(8-3)9-4)37-26-14-16-27(17-15-26)42-43-31(24(5)46)32(48)36-28-13-12-25-22-30(47)38-29(25)23-28/h8-13,18-20,22,33H,6-7,14-17,21H2,1-5H3,(H,38,49)(H,39,50)(H,40,52)(H,41,51)(H,42,48);12-17,23,31H,6-11,18-22H2,1-5H3,(H,36,48)(H,38,47)(H,37,39,40,41). The minimum Gasteiger partial charge on any atom is -0.352 e. The first-order chi connectivity index (χ1) is 49.0. The van der Waals surface area contributed by atoms with Crippen LogP contribution in [0.1, 0.15) is 109 Å². The summed E-state index contributed by atoms with van der Waals surface area (Å²) in [4.78, 5) is 136. The molecule has 2 atom stereocenters. The van der Waals surface area contributed by atoms with Crippen molar-refractivity contribution in [2.24, 2.45) is 20.5 Å². The van der Waals surface area contributed by atoms with Crippen molar-refractivity contribution in [1.29, 1.82) is 0 Å². The van der Waals surface area contributed by atoms with Gasteiger partial charge in [0.15, 0.2) is 21.9 Å². The molecule has 0 saturated carbocycles. The van der Waals surface area contributed by atoms with Gasteiger partial charge in [-0.3, -0.25) is 43.2 Å². The summed E-state index contributed by atoms with van der Waals surface area (Å²) in [5.74, 6) is -1.48. The maximum absolute atomic E-state index is 13.2. The number of amides is 7. The van der Waals surface area contributed by atoms with E-state index in [0.29, 0.717) is 64.2 Å². The van der Waals surface area contributed by atoms with Gasteiger partial charge in [0, 0.05) is 75.4 Å². The fraction of sp³-hybridized carbons (Fsp3) is 0.417. The predicted molar refractivity (Wildman–Crippen MR) is 400 cm³/mol. The van der Waals surface area contributed by atoms with E-state index in [9.17, 15) is 43.2 Å². The van der Waals surface area contributed by atoms with Gasteiger partial charge < -0.3 is 62.1 Å². The lowest BCUT2D eigenvalue weighted by Gasteiger charge is -2.17. The minimum atomic E-state index is -1.43. The molecule has 0 fully saturated rings. The summed E-state index contributed by atoms with van der Waals surface area (Å²) in [6, 6.07) is 24.9. The van der Waals surface area contributed by atoms with E-state index in [2.05, 4.69) is 100 Å². The average molecular weight is 1430 g/mol. The highest BCUT2D eigenvalue weighted by Crippen LogP contribution is 2.30. The summed E-state index contributed by atoms with van der Waals surface area (Å²) in [5, 5.41) is 40.2. The largest absolute Gasteiger partial charge is 0.352 e. The van der Waals surface area contributed by atoms with Crippen LogP contribution < -0.4 is 42.5 Å². The normalized spacial score (nSPS) is 12.9. The Bertz CT molecular complexity index is 3880. The van der Waals surface area contributed by atoms with Crippen LogP contribution in [0, 0.1) is 0 Å². The number of hydrogen-bond donors (Lipinski definition) is 8. The second-order valence-electron chi connectivity index (χ2n) is 24.6. The fourth-order valence-electron chi connectivity index (χ4n) is 10.4. The highest BCUT2D eigenvalue weighted by Gasteiger charge is 2.27. The molecule has 542 valence electrons. The molecule has 0 aliphatic carbocycles. The highest BCUT2D eigenvalue weighted by molar-refractivity contribution is 7.99. The highest BCUT2D eigenvalue weighted by atomic mass is 32.2. The Morgan fingerprint density at radius 3 is 1.31 bits per heavy atom. The van der Waals surface area contributed by atoms with Crippen LogP contribution in [-0.2, 0) is 41.6 Å². The number of carbonyl (C=O) groups excluding carboxylic acids is 9. The van der Waals surface area contributed by atoms with Crippen LogP contribution >= 0.6 is 23.5 Å². The molecule has 30 heteroatoms. The third kappa shape index (κ3) is 26.0. The smallest absolute Gasteiger partial charge is 0.258 e. The van der Waals surface area contributed by atoms with Gasteiger partial charge in [0.25, 0.3) is 29.5 Å². The van der Waals surface area contributed by atoms with E-state index in [1.165, 1.54) is 56.3 Å². The van der Waals surface area contributed by atoms with Crippen LogP contribution in [0.15, 0.2) is 134 Å². The van der Waals surface area contributed by atoms with E-state index in [1.54, 1.807) is 72.1 Å². The van der Waals surface area contributed by atoms with Crippen LogP contribution in [0.2, 0.25) is 0 Å². The molecule has 0 bridgehead atoms. The van der Waals surface area contributed by atoms with Crippen molar-refractivity contribution in [2.45, 2.75) is 102 Å². The Kier molecular flexibility index (Phi) is 31.7. The quantitative estimate of drug-likeness (QED) is 0.00773. The SMILES string of the molecule is CC(=O)C(N=Nc1ccc(C(=O)Nc2cc(C(=O)NCCCN(C)C)cc(C(=O)NCCCN(C)C)c2)cc1)C(=O)Nc1ccc2c(c1)NC(=O)C2.CCN(CC)CCCSc1nc(Nc2ccc(N=NC(C(C)=O)C(=O)Nc3ccc4c(c3)NC(=O)C4)cc2)nc(SCCCN(CC)CC)n1. The molecule has 5 aromatic carbocycles. The first-order valence-corrected chi connectivity index (χ1v) is 36.0. The van der Waals surface area contributed by atoms with Gasteiger partial charge in [-0.25, -0.2) is 0 Å². The van der Waals surface area contributed by atoms with Gasteiger partial charge >= 0.3 is 0 Å². The van der Waals surface area contributed by atoms with Crippen molar-refractivity contribution < 1.29 is 43.2 Å². The Morgan fingerprint density at radius 1 is 0.480 bits per heavy atom. The second-order valence-corrected chi connectivity index (χ2v) is 26.7. The Balaban J connectivity index is 0.000000286. The number of anilines is 7. The molecule has 2 aliphatic heterocycles. The van der Waals surface area contributed by atoms with Crippen molar-refractivity contribution >= 4 is 128 Å². The van der Waals surface area contributed by atoms with E-state index in [1.807, 2.05) is 50.1 Å². The second kappa shape index (κ2) is 40.7. The molecular weight excluding hydrogens is 1340 g/mol. The van der Waals surface area contributed by atoms with Crippen LogP contribution in [-0.4, -0.2) is 205 Å². The molecule has 0 spiro atoms. The van der Waals surface area contributed by atoms with E-state index in [0.717, 1.165) is 106 Å². The van der Waals surface area contributed by atoms with Gasteiger partial charge in [-0.05, 0) is 222 Å². The number of benzene rings is 5. The van der Waals surface area contributed by atoms with Crippen LogP contribution in [0.3, 0.4) is 0 Å². The predicted octanol–water partition coefficient (Wildman–Crippen LogP) is 9.91. The third-order valence-corrected chi connectivity index (χ3v) is 17.9. The molecule has 6 aromatic rings. The number of carbonyl (C=O) groups is 9. The molecule has 2 unspecified atom stereocenters. The molecule has 2 aliphatic rings. The van der Waals surface area contributed by atoms with Crippen LogP contribution in [0.5, 0.6) is 0 Å². The van der Waals surface area contributed by atoms with E-state index >= 15 is 0 Å². The Hall–Kier alpha value is -9.72. The van der Waals surface area contributed by atoms with Crippen molar-refractivity contribution in [1.82, 2.24) is 45.2 Å². The summed E-state index contributed by atoms with van der Waals surface area (Å²) in [7, 11) is 7.78. The molecule has 0 radical (unpaired) electrons. The molecule has 102 heavy (non-hydrogen) atoms. The van der Waals surface area contributed by atoms with Crippen LogP contribution in [0.25, 0.3) is 0 Å².